The number of halogens is 1. The lowest BCUT2D eigenvalue weighted by atomic mass is 10.2. The van der Waals surface area contributed by atoms with E-state index in [1.165, 1.54) is 0 Å². The lowest BCUT2D eigenvalue weighted by Gasteiger charge is -2.06. The summed E-state index contributed by atoms with van der Waals surface area (Å²) in [6, 6.07) is 1.97. The zero-order valence-corrected chi connectivity index (χ0v) is 9.28. The summed E-state index contributed by atoms with van der Waals surface area (Å²) in [7, 11) is 2.12. The van der Waals surface area contributed by atoms with E-state index in [0.717, 1.165) is 15.8 Å². The highest BCUT2D eigenvalue weighted by Crippen LogP contribution is 2.20. The highest BCUT2D eigenvalue weighted by atomic mass is 79.9. The van der Waals surface area contributed by atoms with Crippen LogP contribution in [0.1, 0.15) is 0 Å². The largest absolute Gasteiger partial charge is 0.422 e. The van der Waals surface area contributed by atoms with Crippen LogP contribution >= 0.6 is 15.9 Å². The fourth-order valence-electron chi connectivity index (χ4n) is 1.28. The van der Waals surface area contributed by atoms with Gasteiger partial charge >= 0.3 is 7.62 Å². The number of nitrogens with one attached hydrogen (secondary N) is 1. The van der Waals surface area contributed by atoms with Crippen molar-refractivity contribution in [1.29, 1.82) is 0 Å². The van der Waals surface area contributed by atoms with Gasteiger partial charge in [-0.3, -0.25) is 0 Å². The second kappa shape index (κ2) is 4.02. The van der Waals surface area contributed by atoms with Gasteiger partial charge in [-0.05, 0) is 22.0 Å². The molecule has 0 unspecified atom stereocenters. The topological polar surface area (TPSA) is 38.6 Å². The van der Waals surface area contributed by atoms with E-state index in [1.54, 1.807) is 13.3 Å². The first-order valence-electron chi connectivity index (χ1n) is 4.16. The van der Waals surface area contributed by atoms with E-state index in [4.69, 9.17) is 4.65 Å². The summed E-state index contributed by atoms with van der Waals surface area (Å²) in [4.78, 5) is 4.24. The number of nitrogens with zero attached hydrogens (tertiary/aromatic N) is 2. The van der Waals surface area contributed by atoms with Crippen molar-refractivity contribution in [1.82, 2.24) is 9.38 Å². The van der Waals surface area contributed by atoms with Crippen LogP contribution in [0, 0.1) is 0 Å². The fourth-order valence-corrected chi connectivity index (χ4v) is 1.73. The number of hydrogen-bond acceptors (Lipinski definition) is 3. The number of imidazole rings is 1. The Balaban J connectivity index is 2.44. The van der Waals surface area contributed by atoms with Gasteiger partial charge in [-0.1, -0.05) is 0 Å². The minimum atomic E-state index is 0.471. The average molecular weight is 254 g/mol. The van der Waals surface area contributed by atoms with Gasteiger partial charge in [0.15, 0.2) is 5.65 Å². The molecule has 0 atom stereocenters. The molecule has 0 amide bonds. The molecule has 2 rings (SSSR count). The molecule has 4 nitrogen and oxygen atoms in total. The molecule has 6 heteroatoms. The number of rotatable bonds is 3. The van der Waals surface area contributed by atoms with Crippen LogP contribution in [0.3, 0.4) is 0 Å². The second-order valence-corrected chi connectivity index (χ2v) is 3.76. The van der Waals surface area contributed by atoms with E-state index in [0.29, 0.717) is 7.62 Å². The smallest absolute Gasteiger partial charge is 0.394 e. The van der Waals surface area contributed by atoms with Crippen molar-refractivity contribution >= 4 is 34.9 Å². The molecular formula is C8H9BBrN3O. The van der Waals surface area contributed by atoms with Crippen LogP contribution in [0.4, 0.5) is 5.69 Å². The molecule has 0 bridgehead atoms. The predicted molar refractivity (Wildman–Crippen MR) is 60.7 cm³/mol. The van der Waals surface area contributed by atoms with E-state index < -0.39 is 0 Å². The first-order valence-corrected chi connectivity index (χ1v) is 4.95. The standard InChI is InChI=1S/C8H9BBrN3O/c1-14-9-12-7-4-6(10)5-13-3-2-11-8(7)13/h2-5,9,12H,1H3. The lowest BCUT2D eigenvalue weighted by Crippen LogP contribution is -2.09. The molecule has 0 fully saturated rings. The van der Waals surface area contributed by atoms with Gasteiger partial charge in [0.25, 0.3) is 0 Å². The molecule has 0 spiro atoms. The lowest BCUT2D eigenvalue weighted by molar-refractivity contribution is 0.446. The van der Waals surface area contributed by atoms with E-state index in [2.05, 4.69) is 26.1 Å². The Labute approximate surface area is 90.7 Å². The van der Waals surface area contributed by atoms with Crippen molar-refractivity contribution in [2.24, 2.45) is 0 Å². The molecule has 72 valence electrons. The number of anilines is 1. The summed E-state index contributed by atoms with van der Waals surface area (Å²) < 4.78 is 7.90. The summed E-state index contributed by atoms with van der Waals surface area (Å²) in [6.45, 7) is 0. The van der Waals surface area contributed by atoms with E-state index in [9.17, 15) is 0 Å². The van der Waals surface area contributed by atoms with E-state index >= 15 is 0 Å². The van der Waals surface area contributed by atoms with Gasteiger partial charge in [0.05, 0.1) is 5.69 Å². The fraction of sp³-hybridized carbons (Fsp3) is 0.125. The molecule has 14 heavy (non-hydrogen) atoms. The Kier molecular flexibility index (Phi) is 2.74. The maximum atomic E-state index is 4.95. The summed E-state index contributed by atoms with van der Waals surface area (Å²) in [5.74, 6) is 0. The molecule has 2 heterocycles. The van der Waals surface area contributed by atoms with Gasteiger partial charge in [0.1, 0.15) is 0 Å². The number of fused-ring (bicyclic) bond motifs is 1. The van der Waals surface area contributed by atoms with Gasteiger partial charge in [0, 0.05) is 30.2 Å². The summed E-state index contributed by atoms with van der Waals surface area (Å²) in [5.41, 5.74) is 1.84. The molecule has 0 aliphatic carbocycles. The Morgan fingerprint density at radius 2 is 2.50 bits per heavy atom. The highest BCUT2D eigenvalue weighted by Gasteiger charge is 2.03. The third-order valence-corrected chi connectivity index (χ3v) is 2.29. The van der Waals surface area contributed by atoms with Crippen molar-refractivity contribution in [2.45, 2.75) is 0 Å². The molecule has 0 aromatic carbocycles. The van der Waals surface area contributed by atoms with Crippen LogP contribution in [-0.2, 0) is 4.65 Å². The van der Waals surface area contributed by atoms with Crippen molar-refractivity contribution in [3.8, 4) is 0 Å². The average Bonchev–Trinajstić information content (AvgIpc) is 2.61. The molecule has 0 aliphatic heterocycles. The Hall–Kier alpha value is -1.01. The Bertz CT molecular complexity index is 445. The highest BCUT2D eigenvalue weighted by molar-refractivity contribution is 9.10. The molecule has 0 saturated carbocycles. The number of pyridine rings is 1. The van der Waals surface area contributed by atoms with Gasteiger partial charge in [-0.2, -0.15) is 0 Å². The molecule has 2 aromatic rings. The third-order valence-electron chi connectivity index (χ3n) is 1.86. The Morgan fingerprint density at radius 1 is 1.64 bits per heavy atom. The monoisotopic (exact) mass is 253 g/mol. The third kappa shape index (κ3) is 1.76. The first-order chi connectivity index (χ1) is 6.81. The molecule has 0 aliphatic rings. The quantitative estimate of drug-likeness (QED) is 0.841. The summed E-state index contributed by atoms with van der Waals surface area (Å²) >= 11 is 3.43. The maximum absolute atomic E-state index is 4.95. The SMILES string of the molecule is COBNc1cc(Br)cn2ccnc12. The van der Waals surface area contributed by atoms with Crippen LogP contribution in [0.5, 0.6) is 0 Å². The molecular weight excluding hydrogens is 245 g/mol. The maximum Gasteiger partial charge on any atom is 0.394 e. The van der Waals surface area contributed by atoms with Crippen molar-refractivity contribution in [3.63, 3.8) is 0 Å². The summed E-state index contributed by atoms with van der Waals surface area (Å²) in [5, 5.41) is 3.13. The molecule has 2 aromatic heterocycles. The van der Waals surface area contributed by atoms with Crippen LogP contribution in [-0.4, -0.2) is 24.1 Å². The second-order valence-electron chi connectivity index (χ2n) is 2.84. The number of hydrogen-bond donors (Lipinski definition) is 1. The van der Waals surface area contributed by atoms with Gasteiger partial charge in [0.2, 0.25) is 0 Å². The Morgan fingerprint density at radius 3 is 3.29 bits per heavy atom. The number of aromatic nitrogens is 2. The van der Waals surface area contributed by atoms with Crippen LogP contribution in [0.2, 0.25) is 0 Å². The molecule has 1 N–H and O–H groups in total. The first kappa shape index (κ1) is 9.55. The minimum Gasteiger partial charge on any atom is -0.422 e. The van der Waals surface area contributed by atoms with Gasteiger partial charge in [-0.25, -0.2) is 4.98 Å². The minimum absolute atomic E-state index is 0.471. The van der Waals surface area contributed by atoms with Crippen molar-refractivity contribution < 1.29 is 4.65 Å². The van der Waals surface area contributed by atoms with Crippen molar-refractivity contribution in [2.75, 3.05) is 12.3 Å². The van der Waals surface area contributed by atoms with Gasteiger partial charge < -0.3 is 14.3 Å². The normalized spacial score (nSPS) is 10.4. The van der Waals surface area contributed by atoms with E-state index in [1.807, 2.05) is 22.9 Å². The molecule has 0 saturated heterocycles. The zero-order chi connectivity index (χ0) is 9.97. The van der Waals surface area contributed by atoms with Gasteiger partial charge in [-0.15, -0.1) is 0 Å². The van der Waals surface area contributed by atoms with Crippen LogP contribution in [0.15, 0.2) is 29.1 Å². The molecule has 0 radical (unpaired) electrons. The van der Waals surface area contributed by atoms with Crippen LogP contribution < -0.4 is 5.23 Å². The van der Waals surface area contributed by atoms with Crippen LogP contribution in [0.25, 0.3) is 5.65 Å². The summed E-state index contributed by atoms with van der Waals surface area (Å²) in [6.07, 6.45) is 5.62. The zero-order valence-electron chi connectivity index (χ0n) is 7.70. The van der Waals surface area contributed by atoms with Crippen molar-refractivity contribution in [3.05, 3.63) is 29.1 Å². The van der Waals surface area contributed by atoms with E-state index in [-0.39, 0.29) is 0 Å². The predicted octanol–water partition coefficient (Wildman–Crippen LogP) is 1.42.